The highest BCUT2D eigenvalue weighted by Gasteiger charge is 2.04. The zero-order chi connectivity index (χ0) is 11.1. The number of ether oxygens (including phenoxy) is 1. The van der Waals surface area contributed by atoms with Crippen LogP contribution < -0.4 is 5.32 Å². The lowest BCUT2D eigenvalue weighted by molar-refractivity contribution is 0.196. The number of hydrogen-bond acceptors (Lipinski definition) is 3. The third kappa shape index (κ3) is 4.82. The van der Waals surface area contributed by atoms with Gasteiger partial charge in [-0.25, -0.2) is 4.98 Å². The summed E-state index contributed by atoms with van der Waals surface area (Å²) in [5, 5.41) is 3.25. The molecule has 5 heteroatoms. The summed E-state index contributed by atoms with van der Waals surface area (Å²) in [5.74, 6) is 0.846. The minimum Gasteiger partial charge on any atom is -0.383 e. The lowest BCUT2D eigenvalue weighted by atomic mass is 10.3. The molecular formula is C10H14BrClN2O. The number of nitrogens with zero attached hydrogens (tertiary/aromatic N) is 1. The van der Waals surface area contributed by atoms with Gasteiger partial charge in [0.05, 0.1) is 16.5 Å². The van der Waals surface area contributed by atoms with E-state index in [1.807, 2.05) is 12.1 Å². The van der Waals surface area contributed by atoms with Crippen LogP contribution >= 0.6 is 27.5 Å². The summed E-state index contributed by atoms with van der Waals surface area (Å²) in [6, 6.07) is 3.83. The minimum absolute atomic E-state index is 0.0463. The Morgan fingerprint density at radius 2 is 2.47 bits per heavy atom. The van der Waals surface area contributed by atoms with Crippen LogP contribution in [0.2, 0.25) is 0 Å². The van der Waals surface area contributed by atoms with Crippen LogP contribution in [0.25, 0.3) is 0 Å². The number of pyridine rings is 1. The summed E-state index contributed by atoms with van der Waals surface area (Å²) in [7, 11) is 1.65. The molecule has 0 spiro atoms. The van der Waals surface area contributed by atoms with E-state index in [-0.39, 0.29) is 5.38 Å². The van der Waals surface area contributed by atoms with E-state index < -0.39 is 0 Å². The maximum Gasteiger partial charge on any atom is 0.140 e. The molecular weight excluding hydrogens is 279 g/mol. The molecule has 0 saturated carbocycles. The lowest BCUT2D eigenvalue weighted by Crippen LogP contribution is -2.14. The lowest BCUT2D eigenvalue weighted by Gasteiger charge is -2.10. The first kappa shape index (κ1) is 12.7. The second kappa shape index (κ2) is 7.04. The van der Waals surface area contributed by atoms with Gasteiger partial charge in [0, 0.05) is 19.9 Å². The Morgan fingerprint density at radius 1 is 1.67 bits per heavy atom. The van der Waals surface area contributed by atoms with Gasteiger partial charge in [-0.2, -0.15) is 0 Å². The van der Waals surface area contributed by atoms with Crippen molar-refractivity contribution < 1.29 is 4.74 Å². The third-order valence-electron chi connectivity index (χ3n) is 1.86. The second-order valence-electron chi connectivity index (χ2n) is 3.10. The molecule has 0 saturated heterocycles. The highest BCUT2D eigenvalue weighted by Crippen LogP contribution is 2.18. The average Bonchev–Trinajstić information content (AvgIpc) is 2.21. The Morgan fingerprint density at radius 3 is 3.13 bits per heavy atom. The summed E-state index contributed by atoms with van der Waals surface area (Å²) in [6.07, 6.45) is 2.60. The highest BCUT2D eigenvalue weighted by atomic mass is 79.9. The van der Waals surface area contributed by atoms with Crippen molar-refractivity contribution in [3.05, 3.63) is 22.8 Å². The molecule has 15 heavy (non-hydrogen) atoms. The van der Waals surface area contributed by atoms with E-state index in [9.17, 15) is 0 Å². The van der Waals surface area contributed by atoms with Gasteiger partial charge in [-0.05, 0) is 34.5 Å². The fourth-order valence-corrected chi connectivity index (χ4v) is 1.76. The van der Waals surface area contributed by atoms with Crippen molar-refractivity contribution in [3.8, 4) is 0 Å². The Kier molecular flexibility index (Phi) is 5.98. The maximum absolute atomic E-state index is 5.99. The maximum atomic E-state index is 5.99. The molecule has 84 valence electrons. The average molecular weight is 294 g/mol. The predicted octanol–water partition coefficient (Wildman–Crippen LogP) is 2.90. The molecule has 1 aromatic rings. The van der Waals surface area contributed by atoms with Crippen LogP contribution in [0.3, 0.4) is 0 Å². The van der Waals surface area contributed by atoms with E-state index in [0.717, 1.165) is 23.3 Å². The number of nitrogens with one attached hydrogen (secondary N) is 1. The van der Waals surface area contributed by atoms with Crippen LogP contribution in [0.15, 0.2) is 22.8 Å². The van der Waals surface area contributed by atoms with E-state index in [1.54, 1.807) is 13.3 Å². The smallest absolute Gasteiger partial charge is 0.140 e. The topological polar surface area (TPSA) is 34.1 Å². The third-order valence-corrected chi connectivity index (χ3v) is 2.84. The van der Waals surface area contributed by atoms with Gasteiger partial charge in [-0.1, -0.05) is 0 Å². The van der Waals surface area contributed by atoms with Crippen molar-refractivity contribution in [2.75, 3.05) is 25.6 Å². The number of halogens is 2. The van der Waals surface area contributed by atoms with E-state index in [1.165, 1.54) is 0 Å². The summed E-state index contributed by atoms with van der Waals surface area (Å²) in [4.78, 5) is 4.19. The molecule has 3 nitrogen and oxygen atoms in total. The Balaban J connectivity index is 2.29. The van der Waals surface area contributed by atoms with Crippen LogP contribution in [-0.4, -0.2) is 30.6 Å². The van der Waals surface area contributed by atoms with Gasteiger partial charge in [-0.15, -0.1) is 11.6 Å². The molecule has 1 rings (SSSR count). The second-order valence-corrected chi connectivity index (χ2v) is 4.57. The van der Waals surface area contributed by atoms with E-state index in [4.69, 9.17) is 16.3 Å². The Hall–Kier alpha value is -0.320. The normalized spacial score (nSPS) is 12.5. The zero-order valence-electron chi connectivity index (χ0n) is 8.54. The van der Waals surface area contributed by atoms with Crippen LogP contribution in [0.1, 0.15) is 6.42 Å². The summed E-state index contributed by atoms with van der Waals surface area (Å²) < 4.78 is 5.91. The van der Waals surface area contributed by atoms with E-state index in [0.29, 0.717) is 6.61 Å². The van der Waals surface area contributed by atoms with Gasteiger partial charge in [0.25, 0.3) is 0 Å². The van der Waals surface area contributed by atoms with E-state index >= 15 is 0 Å². The first-order chi connectivity index (χ1) is 7.24. The van der Waals surface area contributed by atoms with Gasteiger partial charge in [-0.3, -0.25) is 0 Å². The van der Waals surface area contributed by atoms with Gasteiger partial charge in [0.1, 0.15) is 5.82 Å². The largest absolute Gasteiger partial charge is 0.383 e. The van der Waals surface area contributed by atoms with Crippen LogP contribution in [0.4, 0.5) is 5.82 Å². The quantitative estimate of drug-likeness (QED) is 0.819. The van der Waals surface area contributed by atoms with Crippen LogP contribution in [-0.2, 0) is 4.74 Å². The fraction of sp³-hybridized carbons (Fsp3) is 0.500. The van der Waals surface area contributed by atoms with Crippen LogP contribution in [0.5, 0.6) is 0 Å². The Labute approximate surface area is 103 Å². The standard InChI is InChI=1S/C10H14BrClN2O/c1-15-7-8(12)4-6-14-10-9(11)3-2-5-13-10/h2-3,5,8H,4,6-7H2,1H3,(H,13,14). The molecule has 1 aromatic heterocycles. The molecule has 0 aliphatic rings. The number of methoxy groups -OCH3 is 1. The van der Waals surface area contributed by atoms with Crippen molar-refractivity contribution in [2.45, 2.75) is 11.8 Å². The molecule has 0 aliphatic heterocycles. The number of alkyl halides is 1. The molecule has 0 aromatic carbocycles. The van der Waals surface area contributed by atoms with Crippen molar-refractivity contribution in [1.82, 2.24) is 4.98 Å². The molecule has 0 amide bonds. The van der Waals surface area contributed by atoms with E-state index in [2.05, 4.69) is 26.2 Å². The molecule has 1 heterocycles. The number of rotatable bonds is 6. The molecule has 0 bridgehead atoms. The highest BCUT2D eigenvalue weighted by molar-refractivity contribution is 9.10. The van der Waals surface area contributed by atoms with Crippen molar-refractivity contribution in [1.29, 1.82) is 0 Å². The molecule has 0 fully saturated rings. The zero-order valence-corrected chi connectivity index (χ0v) is 10.9. The van der Waals surface area contributed by atoms with Crippen LogP contribution in [0, 0.1) is 0 Å². The Bertz CT molecular complexity index is 299. The fourth-order valence-electron chi connectivity index (χ4n) is 1.13. The monoisotopic (exact) mass is 292 g/mol. The number of hydrogen-bond donors (Lipinski definition) is 1. The first-order valence-corrected chi connectivity index (χ1v) is 5.94. The van der Waals surface area contributed by atoms with Gasteiger partial charge in [0.15, 0.2) is 0 Å². The van der Waals surface area contributed by atoms with Gasteiger partial charge in [0.2, 0.25) is 0 Å². The van der Waals surface area contributed by atoms with Gasteiger partial charge < -0.3 is 10.1 Å². The first-order valence-electron chi connectivity index (χ1n) is 4.71. The SMILES string of the molecule is COCC(Cl)CCNc1ncccc1Br. The summed E-state index contributed by atoms with van der Waals surface area (Å²) in [6.45, 7) is 1.36. The minimum atomic E-state index is 0.0463. The number of anilines is 1. The summed E-state index contributed by atoms with van der Waals surface area (Å²) in [5.41, 5.74) is 0. The molecule has 1 N–H and O–H groups in total. The molecule has 1 unspecified atom stereocenters. The number of aromatic nitrogens is 1. The molecule has 0 aliphatic carbocycles. The summed E-state index contributed by atoms with van der Waals surface area (Å²) >= 11 is 9.40. The predicted molar refractivity (Wildman–Crippen MR) is 66.6 cm³/mol. The van der Waals surface area contributed by atoms with Crippen molar-refractivity contribution in [2.24, 2.45) is 0 Å². The van der Waals surface area contributed by atoms with Crippen molar-refractivity contribution >= 4 is 33.3 Å². The van der Waals surface area contributed by atoms with Gasteiger partial charge >= 0.3 is 0 Å². The molecule has 0 radical (unpaired) electrons. The van der Waals surface area contributed by atoms with Crippen molar-refractivity contribution in [3.63, 3.8) is 0 Å². The molecule has 1 atom stereocenters.